The quantitative estimate of drug-likeness (QED) is 0.631. The number of benzene rings is 1. The van der Waals surface area contributed by atoms with Gasteiger partial charge < -0.3 is 4.74 Å². The Bertz CT molecular complexity index is 317. The summed E-state index contributed by atoms with van der Waals surface area (Å²) in [5.41, 5.74) is 4.15. The van der Waals surface area contributed by atoms with E-state index in [1.54, 1.807) is 0 Å². The second-order valence-electron chi connectivity index (χ2n) is 4.00. The average Bonchev–Trinajstić information content (AvgIpc) is 2.75. The van der Waals surface area contributed by atoms with Gasteiger partial charge in [0.25, 0.3) is 0 Å². The minimum absolute atomic E-state index is 0.474. The summed E-state index contributed by atoms with van der Waals surface area (Å²) >= 11 is 0. The van der Waals surface area contributed by atoms with Crippen LogP contribution in [0.4, 0.5) is 0 Å². The van der Waals surface area contributed by atoms with Gasteiger partial charge in [-0.25, -0.2) is 0 Å². The largest absolute Gasteiger partial charge is 0.370 e. The smallest absolute Gasteiger partial charge is 0.0879 e. The number of rotatable bonds is 2. The molecule has 1 aromatic carbocycles. The molecule has 1 nitrogen and oxygen atoms in total. The van der Waals surface area contributed by atoms with Crippen LogP contribution in [-0.4, -0.2) is 12.2 Å². The summed E-state index contributed by atoms with van der Waals surface area (Å²) in [6, 6.07) is 6.66. The zero-order valence-electron chi connectivity index (χ0n) is 8.50. The monoisotopic (exact) mass is 176 g/mol. The Morgan fingerprint density at radius 1 is 1.23 bits per heavy atom. The Labute approximate surface area is 79.7 Å². The minimum atomic E-state index is 0.474. The lowest BCUT2D eigenvalue weighted by molar-refractivity contribution is 0.378. The molecule has 0 radical (unpaired) electrons. The van der Waals surface area contributed by atoms with Crippen LogP contribution in [0, 0.1) is 13.8 Å². The molecule has 1 fully saturated rings. The molecule has 2 rings (SSSR count). The molecule has 1 aliphatic rings. The van der Waals surface area contributed by atoms with Gasteiger partial charge in [-0.05, 0) is 37.5 Å². The first kappa shape index (κ1) is 8.76. The van der Waals surface area contributed by atoms with Gasteiger partial charge in [0.2, 0.25) is 0 Å². The Morgan fingerprint density at radius 2 is 1.92 bits per heavy atom. The third kappa shape index (κ3) is 1.92. The topological polar surface area (TPSA) is 12.5 Å². The van der Waals surface area contributed by atoms with E-state index < -0.39 is 0 Å². The maximum absolute atomic E-state index is 5.39. The molecule has 0 N–H and O–H groups in total. The molecular formula is C12H16O. The first-order valence-corrected chi connectivity index (χ1v) is 4.88. The fraction of sp³-hybridized carbons (Fsp3) is 0.500. The molecule has 2 unspecified atom stereocenters. The summed E-state index contributed by atoms with van der Waals surface area (Å²) in [6.07, 6.45) is 2.02. The molecule has 1 aromatic rings. The molecule has 0 aliphatic carbocycles. The van der Waals surface area contributed by atoms with Crippen molar-refractivity contribution in [2.24, 2.45) is 0 Å². The van der Waals surface area contributed by atoms with E-state index in [0.717, 1.165) is 6.42 Å². The van der Waals surface area contributed by atoms with E-state index in [0.29, 0.717) is 12.2 Å². The summed E-state index contributed by atoms with van der Waals surface area (Å²) in [4.78, 5) is 0. The molecule has 1 heterocycles. The molecule has 2 atom stereocenters. The van der Waals surface area contributed by atoms with Crippen LogP contribution in [0.1, 0.15) is 23.6 Å². The van der Waals surface area contributed by atoms with Crippen molar-refractivity contribution in [2.75, 3.05) is 0 Å². The van der Waals surface area contributed by atoms with Crippen LogP contribution in [0.15, 0.2) is 18.2 Å². The molecular weight excluding hydrogens is 160 g/mol. The van der Waals surface area contributed by atoms with Crippen molar-refractivity contribution in [1.82, 2.24) is 0 Å². The highest BCUT2D eigenvalue weighted by Crippen LogP contribution is 2.25. The maximum atomic E-state index is 5.39. The van der Waals surface area contributed by atoms with E-state index in [1.807, 2.05) is 0 Å². The molecule has 1 aliphatic heterocycles. The second kappa shape index (κ2) is 3.15. The first-order valence-electron chi connectivity index (χ1n) is 4.88. The number of hydrogen-bond acceptors (Lipinski definition) is 1. The minimum Gasteiger partial charge on any atom is -0.370 e. The Kier molecular flexibility index (Phi) is 2.12. The van der Waals surface area contributed by atoms with Crippen LogP contribution in [0.5, 0.6) is 0 Å². The third-order valence-corrected chi connectivity index (χ3v) is 2.84. The standard InChI is InChI=1S/C12H16O/c1-8-4-5-11(6-9(8)2)7-12-10(3)13-12/h4-6,10,12H,7H2,1-3H3. The second-order valence-corrected chi connectivity index (χ2v) is 4.00. The molecule has 0 saturated carbocycles. The normalized spacial score (nSPS) is 26.1. The summed E-state index contributed by atoms with van der Waals surface area (Å²) < 4.78 is 5.39. The van der Waals surface area contributed by atoms with Gasteiger partial charge in [-0.3, -0.25) is 0 Å². The van der Waals surface area contributed by atoms with Gasteiger partial charge in [0.1, 0.15) is 0 Å². The van der Waals surface area contributed by atoms with Crippen LogP contribution < -0.4 is 0 Å². The molecule has 0 spiro atoms. The Hall–Kier alpha value is -0.820. The molecule has 13 heavy (non-hydrogen) atoms. The average molecular weight is 176 g/mol. The Morgan fingerprint density at radius 3 is 2.46 bits per heavy atom. The lowest BCUT2D eigenvalue weighted by atomic mass is 10.0. The molecule has 1 saturated heterocycles. The van der Waals surface area contributed by atoms with E-state index in [4.69, 9.17) is 4.74 Å². The van der Waals surface area contributed by atoms with Crippen LogP contribution in [-0.2, 0) is 11.2 Å². The fourth-order valence-electron chi connectivity index (χ4n) is 1.61. The van der Waals surface area contributed by atoms with Crippen LogP contribution >= 0.6 is 0 Å². The number of ether oxygens (including phenoxy) is 1. The summed E-state index contributed by atoms with van der Waals surface area (Å²) in [7, 11) is 0. The summed E-state index contributed by atoms with van der Waals surface area (Å²) in [5, 5.41) is 0. The van der Waals surface area contributed by atoms with Gasteiger partial charge >= 0.3 is 0 Å². The predicted octanol–water partition coefficient (Wildman–Crippen LogP) is 2.63. The molecule has 0 amide bonds. The van der Waals surface area contributed by atoms with Crippen LogP contribution in [0.2, 0.25) is 0 Å². The lowest BCUT2D eigenvalue weighted by Crippen LogP contribution is -1.96. The highest BCUT2D eigenvalue weighted by Gasteiger charge is 2.33. The van der Waals surface area contributed by atoms with Gasteiger partial charge in [-0.15, -0.1) is 0 Å². The molecule has 0 bridgehead atoms. The summed E-state index contributed by atoms with van der Waals surface area (Å²) in [6.45, 7) is 6.44. The third-order valence-electron chi connectivity index (χ3n) is 2.84. The lowest BCUT2D eigenvalue weighted by Gasteiger charge is -2.02. The van der Waals surface area contributed by atoms with Crippen molar-refractivity contribution in [3.05, 3.63) is 34.9 Å². The van der Waals surface area contributed by atoms with E-state index in [1.165, 1.54) is 16.7 Å². The van der Waals surface area contributed by atoms with Crippen LogP contribution in [0.25, 0.3) is 0 Å². The molecule has 70 valence electrons. The predicted molar refractivity (Wildman–Crippen MR) is 54.0 cm³/mol. The maximum Gasteiger partial charge on any atom is 0.0879 e. The van der Waals surface area contributed by atoms with E-state index >= 15 is 0 Å². The van der Waals surface area contributed by atoms with Crippen molar-refractivity contribution in [2.45, 2.75) is 39.4 Å². The number of aryl methyl sites for hydroxylation is 2. The van der Waals surface area contributed by atoms with E-state index in [2.05, 4.69) is 39.0 Å². The first-order chi connectivity index (χ1) is 6.16. The number of hydrogen-bond donors (Lipinski definition) is 0. The van der Waals surface area contributed by atoms with Crippen molar-refractivity contribution in [3.8, 4) is 0 Å². The van der Waals surface area contributed by atoms with Gasteiger partial charge in [0.15, 0.2) is 0 Å². The van der Waals surface area contributed by atoms with Crippen molar-refractivity contribution >= 4 is 0 Å². The van der Waals surface area contributed by atoms with Crippen molar-refractivity contribution < 1.29 is 4.74 Å². The van der Waals surface area contributed by atoms with E-state index in [-0.39, 0.29) is 0 Å². The van der Waals surface area contributed by atoms with Gasteiger partial charge in [-0.1, -0.05) is 18.2 Å². The van der Waals surface area contributed by atoms with Gasteiger partial charge in [0, 0.05) is 6.42 Å². The van der Waals surface area contributed by atoms with Gasteiger partial charge in [-0.2, -0.15) is 0 Å². The molecule has 0 aromatic heterocycles. The zero-order chi connectivity index (χ0) is 9.42. The number of epoxide rings is 1. The Balaban J connectivity index is 2.08. The highest BCUT2D eigenvalue weighted by atomic mass is 16.6. The summed E-state index contributed by atoms with van der Waals surface area (Å²) in [5.74, 6) is 0. The van der Waals surface area contributed by atoms with Gasteiger partial charge in [0.05, 0.1) is 12.2 Å². The fourth-order valence-corrected chi connectivity index (χ4v) is 1.61. The van der Waals surface area contributed by atoms with Crippen LogP contribution in [0.3, 0.4) is 0 Å². The van der Waals surface area contributed by atoms with Crippen molar-refractivity contribution in [1.29, 1.82) is 0 Å². The van der Waals surface area contributed by atoms with Crippen molar-refractivity contribution in [3.63, 3.8) is 0 Å². The van der Waals surface area contributed by atoms with E-state index in [9.17, 15) is 0 Å². The SMILES string of the molecule is Cc1ccc(CC2OC2C)cc1C. The molecule has 1 heteroatoms. The zero-order valence-corrected chi connectivity index (χ0v) is 8.50. The highest BCUT2D eigenvalue weighted by molar-refractivity contribution is 5.30.